The highest BCUT2D eigenvalue weighted by Crippen LogP contribution is 2.22. The molecule has 4 aromatic rings. The summed E-state index contributed by atoms with van der Waals surface area (Å²) in [5.41, 5.74) is 1.28. The molecule has 0 aliphatic carbocycles. The minimum absolute atomic E-state index is 0.328. The van der Waals surface area contributed by atoms with Crippen molar-refractivity contribution in [3.63, 3.8) is 0 Å². The van der Waals surface area contributed by atoms with Crippen molar-refractivity contribution < 1.29 is 8.81 Å². The Balaban J connectivity index is 1.68. The molecule has 3 heterocycles. The van der Waals surface area contributed by atoms with Crippen molar-refractivity contribution in [3.8, 4) is 11.5 Å². The summed E-state index contributed by atoms with van der Waals surface area (Å²) in [6.45, 7) is 1.59. The van der Waals surface area contributed by atoms with Gasteiger partial charge in [-0.1, -0.05) is 12.1 Å². The Hall–Kier alpha value is -2.93. The van der Waals surface area contributed by atoms with Gasteiger partial charge in [0.2, 0.25) is 0 Å². The maximum absolute atomic E-state index is 14.0. The number of nitrogens with zero attached hydrogens (tertiary/aromatic N) is 4. The number of imidazole rings is 1. The van der Waals surface area contributed by atoms with Crippen LogP contribution in [0.25, 0.3) is 11.5 Å². The molecule has 26 heavy (non-hydrogen) atoms. The molecule has 0 fully saturated rings. The molecule has 5 nitrogen and oxygen atoms in total. The smallest absolute Gasteiger partial charge is 0.190 e. The van der Waals surface area contributed by atoms with Crippen LogP contribution in [0.15, 0.2) is 76.2 Å². The Morgan fingerprint density at radius 3 is 2.85 bits per heavy atom. The zero-order valence-corrected chi connectivity index (χ0v) is 14.8. The second-order valence-corrected chi connectivity index (χ2v) is 6.59. The number of thiazole rings is 1. The fourth-order valence-electron chi connectivity index (χ4n) is 2.73. The molecule has 0 aliphatic rings. The predicted molar refractivity (Wildman–Crippen MR) is 98.5 cm³/mol. The molecule has 132 valence electrons. The average Bonchev–Trinajstić information content (AvgIpc) is 3.39. The first-order chi connectivity index (χ1) is 12.8. The highest BCUT2D eigenvalue weighted by molar-refractivity contribution is 7.07. The summed E-state index contributed by atoms with van der Waals surface area (Å²) in [6.07, 6.45) is 8.05. The van der Waals surface area contributed by atoms with Crippen molar-refractivity contribution >= 4 is 17.0 Å². The third-order valence-corrected chi connectivity index (χ3v) is 4.86. The van der Waals surface area contributed by atoms with Gasteiger partial charge in [0.05, 0.1) is 18.3 Å². The number of furan rings is 1. The van der Waals surface area contributed by atoms with Gasteiger partial charge in [0.1, 0.15) is 11.5 Å². The van der Waals surface area contributed by atoms with Gasteiger partial charge in [-0.05, 0) is 30.7 Å². The summed E-state index contributed by atoms with van der Waals surface area (Å²) in [4.78, 5) is 9.34. The summed E-state index contributed by atoms with van der Waals surface area (Å²) in [7, 11) is 0. The molecular weight excluding hydrogens is 351 g/mol. The molecule has 0 N–H and O–H groups in total. The van der Waals surface area contributed by atoms with Gasteiger partial charge in [-0.15, -0.1) is 11.3 Å². The van der Waals surface area contributed by atoms with E-state index in [4.69, 9.17) is 4.42 Å². The highest BCUT2D eigenvalue weighted by Gasteiger charge is 2.11. The molecule has 7 heteroatoms. The van der Waals surface area contributed by atoms with E-state index in [9.17, 15) is 4.39 Å². The third kappa shape index (κ3) is 3.52. The molecule has 0 aliphatic heterocycles. The third-order valence-electron chi connectivity index (χ3n) is 4.00. The molecule has 3 aromatic heterocycles. The lowest BCUT2D eigenvalue weighted by Gasteiger charge is -2.08. The van der Waals surface area contributed by atoms with Gasteiger partial charge in [0.25, 0.3) is 0 Å². The lowest BCUT2D eigenvalue weighted by molar-refractivity contribution is 0.540. The van der Waals surface area contributed by atoms with Crippen LogP contribution in [0.1, 0.15) is 6.42 Å². The molecule has 0 unspecified atom stereocenters. The lowest BCUT2D eigenvalue weighted by atomic mass is 10.3. The number of aromatic nitrogens is 3. The maximum Gasteiger partial charge on any atom is 0.190 e. The summed E-state index contributed by atoms with van der Waals surface area (Å²) in [5.74, 6) is 0.448. The molecule has 1 aromatic carbocycles. The van der Waals surface area contributed by atoms with E-state index >= 15 is 0 Å². The molecule has 4 rings (SSSR count). The first kappa shape index (κ1) is 16.5. The van der Waals surface area contributed by atoms with Crippen LogP contribution >= 0.6 is 11.3 Å². The zero-order valence-electron chi connectivity index (χ0n) is 14.0. The maximum atomic E-state index is 14.0. The van der Waals surface area contributed by atoms with E-state index in [1.807, 2.05) is 28.3 Å². The zero-order chi connectivity index (χ0) is 17.8. The summed E-state index contributed by atoms with van der Waals surface area (Å²) >= 11 is 1.48. The predicted octanol–water partition coefficient (Wildman–Crippen LogP) is 4.47. The van der Waals surface area contributed by atoms with Gasteiger partial charge in [0, 0.05) is 30.9 Å². The van der Waals surface area contributed by atoms with Crippen LogP contribution < -0.4 is 4.80 Å². The summed E-state index contributed by atoms with van der Waals surface area (Å²) < 4.78 is 23.7. The Kier molecular flexibility index (Phi) is 4.79. The number of aryl methyl sites for hydroxylation is 1. The quantitative estimate of drug-likeness (QED) is 0.504. The van der Waals surface area contributed by atoms with Gasteiger partial charge >= 0.3 is 0 Å². The Morgan fingerprint density at radius 2 is 2.08 bits per heavy atom. The first-order valence-electron chi connectivity index (χ1n) is 8.28. The van der Waals surface area contributed by atoms with Crippen LogP contribution in [-0.2, 0) is 13.1 Å². The molecule has 0 saturated heterocycles. The summed E-state index contributed by atoms with van der Waals surface area (Å²) in [5, 5.41) is 2.00. The Morgan fingerprint density at radius 1 is 1.15 bits per heavy atom. The van der Waals surface area contributed by atoms with Crippen LogP contribution in [0.5, 0.6) is 0 Å². The Labute approximate surface area is 153 Å². The molecule has 0 saturated carbocycles. The highest BCUT2D eigenvalue weighted by atomic mass is 32.1. The fraction of sp³-hybridized carbons (Fsp3) is 0.158. The second kappa shape index (κ2) is 7.53. The largest absolute Gasteiger partial charge is 0.463 e. The van der Waals surface area contributed by atoms with E-state index < -0.39 is 0 Å². The van der Waals surface area contributed by atoms with E-state index in [-0.39, 0.29) is 5.82 Å². The monoisotopic (exact) mass is 368 g/mol. The van der Waals surface area contributed by atoms with Crippen molar-refractivity contribution in [1.82, 2.24) is 14.1 Å². The SMILES string of the molecule is Fc1ccccc1N=c1scc(-c2ccco2)n1CCCn1ccnc1. The number of benzene rings is 1. The van der Waals surface area contributed by atoms with E-state index in [0.717, 1.165) is 35.8 Å². The normalized spacial score (nSPS) is 12.0. The number of hydrogen-bond acceptors (Lipinski definition) is 4. The van der Waals surface area contributed by atoms with Crippen LogP contribution in [-0.4, -0.2) is 14.1 Å². The van der Waals surface area contributed by atoms with Crippen LogP contribution in [0.3, 0.4) is 0 Å². The van der Waals surface area contributed by atoms with Gasteiger partial charge in [-0.2, -0.15) is 0 Å². The van der Waals surface area contributed by atoms with Gasteiger partial charge < -0.3 is 13.6 Å². The van der Waals surface area contributed by atoms with Crippen molar-refractivity contribution in [1.29, 1.82) is 0 Å². The number of halogens is 1. The van der Waals surface area contributed by atoms with Crippen molar-refractivity contribution in [3.05, 3.63) is 77.4 Å². The average molecular weight is 368 g/mol. The van der Waals surface area contributed by atoms with Gasteiger partial charge in [-0.3, -0.25) is 0 Å². The molecule has 0 radical (unpaired) electrons. The van der Waals surface area contributed by atoms with E-state index in [0.29, 0.717) is 5.69 Å². The molecule has 0 bridgehead atoms. The second-order valence-electron chi connectivity index (χ2n) is 5.75. The fourth-order valence-corrected chi connectivity index (χ4v) is 3.66. The molecule has 0 atom stereocenters. The van der Waals surface area contributed by atoms with E-state index in [1.165, 1.54) is 17.4 Å². The topological polar surface area (TPSA) is 48.2 Å². The number of hydrogen-bond donors (Lipinski definition) is 0. The Bertz CT molecular complexity index is 1030. The van der Waals surface area contributed by atoms with Gasteiger partial charge in [-0.25, -0.2) is 14.4 Å². The number of rotatable bonds is 6. The van der Waals surface area contributed by atoms with Crippen LogP contribution in [0.4, 0.5) is 10.1 Å². The molecular formula is C19H17FN4OS. The van der Waals surface area contributed by atoms with Gasteiger partial charge in [0.15, 0.2) is 10.6 Å². The lowest BCUT2D eigenvalue weighted by Crippen LogP contribution is -2.17. The summed E-state index contributed by atoms with van der Waals surface area (Å²) in [6, 6.07) is 10.3. The standard InChI is InChI=1S/C19H17FN4OS/c20-15-5-1-2-6-16(15)22-19-24(10-4-9-23-11-8-21-14-23)17(13-26-19)18-7-3-12-25-18/h1-3,5-8,11-14H,4,9-10H2. The van der Waals surface area contributed by atoms with Crippen molar-refractivity contribution in [2.24, 2.45) is 4.99 Å². The van der Waals surface area contributed by atoms with Crippen molar-refractivity contribution in [2.75, 3.05) is 0 Å². The van der Waals surface area contributed by atoms with Crippen LogP contribution in [0.2, 0.25) is 0 Å². The minimum Gasteiger partial charge on any atom is -0.463 e. The first-order valence-corrected chi connectivity index (χ1v) is 9.16. The van der Waals surface area contributed by atoms with Crippen molar-refractivity contribution in [2.45, 2.75) is 19.5 Å². The van der Waals surface area contributed by atoms with E-state index in [2.05, 4.69) is 14.5 Å². The van der Waals surface area contributed by atoms with E-state index in [1.54, 1.807) is 37.0 Å². The van der Waals surface area contributed by atoms with Crippen LogP contribution in [0, 0.1) is 5.82 Å². The molecule has 0 spiro atoms. The molecule has 0 amide bonds. The minimum atomic E-state index is -0.328. The number of para-hydroxylation sites is 1.